The molecule has 0 aliphatic heterocycles. The van der Waals surface area contributed by atoms with E-state index in [1.807, 2.05) is 18.2 Å². The quantitative estimate of drug-likeness (QED) is 0.410. The second-order valence-corrected chi connectivity index (χ2v) is 9.28. The van der Waals surface area contributed by atoms with Crippen molar-refractivity contribution in [3.8, 4) is 0 Å². The van der Waals surface area contributed by atoms with Crippen molar-refractivity contribution in [2.24, 2.45) is 5.14 Å². The Morgan fingerprint density at radius 2 is 1.81 bits per heavy atom. The zero-order valence-corrected chi connectivity index (χ0v) is 16.3. The highest BCUT2D eigenvalue weighted by Gasteiger charge is 2.34. The van der Waals surface area contributed by atoms with Crippen LogP contribution in [0.25, 0.3) is 0 Å². The van der Waals surface area contributed by atoms with Crippen molar-refractivity contribution in [1.29, 1.82) is 0 Å². The molecule has 0 saturated heterocycles. The van der Waals surface area contributed by atoms with Crippen LogP contribution in [-0.4, -0.2) is 24.6 Å². The molecule has 27 heavy (non-hydrogen) atoms. The molecule has 3 N–H and O–H groups in total. The number of nitrogens with one attached hydrogen (secondary N) is 1. The highest BCUT2D eigenvalue weighted by Crippen LogP contribution is 2.38. The molecule has 1 fully saturated rings. The number of nitrogens with two attached hydrogens (primary N) is 1. The molecule has 1 aliphatic carbocycles. The molecule has 0 spiro atoms. The van der Waals surface area contributed by atoms with Crippen molar-refractivity contribution >= 4 is 33.2 Å². The van der Waals surface area contributed by atoms with E-state index in [2.05, 4.69) is 17.4 Å². The highest BCUT2D eigenvalue weighted by molar-refractivity contribution is 7.99. The predicted octanol–water partition coefficient (Wildman–Crippen LogP) is 3.76. The molecule has 1 saturated carbocycles. The Hall–Kier alpha value is -2.10. The Labute approximate surface area is 162 Å². The van der Waals surface area contributed by atoms with E-state index < -0.39 is 25.5 Å². The largest absolute Gasteiger partial charge is 0.379 e. The number of sulfonamides is 1. The third-order valence-electron chi connectivity index (χ3n) is 4.69. The molecule has 1 aliphatic rings. The lowest BCUT2D eigenvalue weighted by molar-refractivity contribution is -0.387. The van der Waals surface area contributed by atoms with Crippen molar-refractivity contribution in [2.45, 2.75) is 41.0 Å². The lowest BCUT2D eigenvalue weighted by Crippen LogP contribution is -2.37. The fourth-order valence-corrected chi connectivity index (χ4v) is 5.22. The maximum absolute atomic E-state index is 11.6. The average molecular weight is 408 g/mol. The standard InChI is InChI=1S/C18H21N3O4S2/c19-27(24,25)17-9-8-14(12-16(17)21(22)23)20-18(10-4-5-11-18)13-26-15-6-2-1-3-7-15/h1-3,6-9,12,20H,4-5,10-11,13H2,(H2,19,24,25). The summed E-state index contributed by atoms with van der Waals surface area (Å²) < 4.78 is 23.2. The zero-order valence-electron chi connectivity index (χ0n) is 14.6. The number of benzene rings is 2. The number of thioether (sulfide) groups is 1. The van der Waals surface area contributed by atoms with Gasteiger partial charge in [0.1, 0.15) is 0 Å². The molecule has 3 rings (SSSR count). The van der Waals surface area contributed by atoms with Gasteiger partial charge < -0.3 is 5.32 Å². The first-order valence-electron chi connectivity index (χ1n) is 8.56. The van der Waals surface area contributed by atoms with Gasteiger partial charge in [-0.2, -0.15) is 0 Å². The average Bonchev–Trinajstić information content (AvgIpc) is 3.08. The first kappa shape index (κ1) is 19.7. The second-order valence-electron chi connectivity index (χ2n) is 6.70. The molecule has 2 aromatic rings. The van der Waals surface area contributed by atoms with Gasteiger partial charge in [0.05, 0.1) is 4.92 Å². The monoisotopic (exact) mass is 407 g/mol. The smallest absolute Gasteiger partial charge is 0.291 e. The summed E-state index contributed by atoms with van der Waals surface area (Å²) in [7, 11) is -4.16. The van der Waals surface area contributed by atoms with E-state index in [9.17, 15) is 18.5 Å². The van der Waals surface area contributed by atoms with Crippen LogP contribution >= 0.6 is 11.8 Å². The van der Waals surface area contributed by atoms with Gasteiger partial charge in [-0.3, -0.25) is 10.1 Å². The fourth-order valence-electron chi connectivity index (χ4n) is 3.38. The maximum Gasteiger partial charge on any atom is 0.291 e. The molecule has 0 amide bonds. The molecule has 144 valence electrons. The molecule has 9 heteroatoms. The van der Waals surface area contributed by atoms with Crippen LogP contribution in [-0.2, 0) is 10.0 Å². The highest BCUT2D eigenvalue weighted by atomic mass is 32.2. The summed E-state index contributed by atoms with van der Waals surface area (Å²) in [6, 6.07) is 14.1. The topological polar surface area (TPSA) is 115 Å². The third kappa shape index (κ3) is 4.79. The van der Waals surface area contributed by atoms with Gasteiger partial charge in [0.2, 0.25) is 10.0 Å². The van der Waals surface area contributed by atoms with E-state index in [-0.39, 0.29) is 5.54 Å². The van der Waals surface area contributed by atoms with Gasteiger partial charge >= 0.3 is 0 Å². The van der Waals surface area contributed by atoms with Gasteiger partial charge in [-0.05, 0) is 37.1 Å². The third-order valence-corrected chi connectivity index (χ3v) is 6.95. The second kappa shape index (κ2) is 7.87. The Morgan fingerprint density at radius 1 is 1.15 bits per heavy atom. The molecule has 0 unspecified atom stereocenters. The summed E-state index contributed by atoms with van der Waals surface area (Å²) in [4.78, 5) is 11.3. The number of rotatable bonds is 7. The van der Waals surface area contributed by atoms with E-state index >= 15 is 0 Å². The van der Waals surface area contributed by atoms with Gasteiger partial charge in [0, 0.05) is 27.9 Å². The van der Waals surface area contributed by atoms with E-state index in [0.29, 0.717) is 5.69 Å². The van der Waals surface area contributed by atoms with Crippen LogP contribution in [0.15, 0.2) is 58.3 Å². The molecule has 0 radical (unpaired) electrons. The van der Waals surface area contributed by atoms with Crippen LogP contribution in [0.5, 0.6) is 0 Å². The number of anilines is 1. The minimum atomic E-state index is -4.16. The fraction of sp³-hybridized carbons (Fsp3) is 0.333. The summed E-state index contributed by atoms with van der Waals surface area (Å²) in [5.41, 5.74) is -0.159. The summed E-state index contributed by atoms with van der Waals surface area (Å²) in [6.45, 7) is 0. The minimum Gasteiger partial charge on any atom is -0.379 e. The first-order chi connectivity index (χ1) is 12.8. The normalized spacial score (nSPS) is 16.2. The van der Waals surface area contributed by atoms with Crippen molar-refractivity contribution in [3.05, 3.63) is 58.6 Å². The van der Waals surface area contributed by atoms with Crippen molar-refractivity contribution in [3.63, 3.8) is 0 Å². The van der Waals surface area contributed by atoms with E-state index in [1.165, 1.54) is 17.0 Å². The number of primary sulfonamides is 1. The summed E-state index contributed by atoms with van der Waals surface area (Å²) in [6.07, 6.45) is 4.08. The minimum absolute atomic E-state index is 0.183. The SMILES string of the molecule is NS(=O)(=O)c1ccc(NC2(CSc3ccccc3)CCCC2)cc1[N+](=O)[O-]. The van der Waals surface area contributed by atoms with Crippen LogP contribution in [0.2, 0.25) is 0 Å². The Balaban J connectivity index is 1.84. The van der Waals surface area contributed by atoms with Crippen molar-refractivity contribution in [1.82, 2.24) is 0 Å². The van der Waals surface area contributed by atoms with Gasteiger partial charge in [-0.1, -0.05) is 31.0 Å². The van der Waals surface area contributed by atoms with Crippen LogP contribution in [0.3, 0.4) is 0 Å². The van der Waals surface area contributed by atoms with Crippen LogP contribution in [0, 0.1) is 10.1 Å². The summed E-state index contributed by atoms with van der Waals surface area (Å²) in [5, 5.41) is 19.8. The Kier molecular flexibility index (Phi) is 5.73. The molecule has 0 heterocycles. The number of hydrogen-bond acceptors (Lipinski definition) is 6. The lowest BCUT2D eigenvalue weighted by atomic mass is 10.00. The van der Waals surface area contributed by atoms with Crippen LogP contribution < -0.4 is 10.5 Å². The van der Waals surface area contributed by atoms with Crippen LogP contribution in [0.1, 0.15) is 25.7 Å². The van der Waals surface area contributed by atoms with Gasteiger partial charge in [-0.15, -0.1) is 11.8 Å². The van der Waals surface area contributed by atoms with E-state index in [0.717, 1.165) is 31.4 Å². The van der Waals surface area contributed by atoms with E-state index in [4.69, 9.17) is 5.14 Å². The molecular formula is C18H21N3O4S2. The molecule has 7 nitrogen and oxygen atoms in total. The van der Waals surface area contributed by atoms with Gasteiger partial charge in [0.15, 0.2) is 4.90 Å². The summed E-state index contributed by atoms with van der Waals surface area (Å²) in [5.74, 6) is 0.821. The van der Waals surface area contributed by atoms with Crippen molar-refractivity contribution < 1.29 is 13.3 Å². The zero-order chi connectivity index (χ0) is 19.5. The van der Waals surface area contributed by atoms with Crippen LogP contribution in [0.4, 0.5) is 11.4 Å². The number of hydrogen-bond donors (Lipinski definition) is 2. The first-order valence-corrected chi connectivity index (χ1v) is 11.1. The Morgan fingerprint density at radius 3 is 2.41 bits per heavy atom. The molecule has 0 aromatic heterocycles. The summed E-state index contributed by atoms with van der Waals surface area (Å²) >= 11 is 1.74. The maximum atomic E-state index is 11.6. The molecule has 2 aromatic carbocycles. The van der Waals surface area contributed by atoms with Gasteiger partial charge in [0.25, 0.3) is 5.69 Å². The van der Waals surface area contributed by atoms with Gasteiger partial charge in [-0.25, -0.2) is 13.6 Å². The predicted molar refractivity (Wildman–Crippen MR) is 106 cm³/mol. The number of nitro groups is 1. The molecular weight excluding hydrogens is 386 g/mol. The Bertz CT molecular complexity index is 927. The van der Waals surface area contributed by atoms with E-state index in [1.54, 1.807) is 17.8 Å². The molecule has 0 atom stereocenters. The lowest BCUT2D eigenvalue weighted by Gasteiger charge is -2.31. The number of nitro benzene ring substituents is 1. The number of nitrogens with zero attached hydrogens (tertiary/aromatic N) is 1. The molecule has 0 bridgehead atoms. The van der Waals surface area contributed by atoms with Crippen molar-refractivity contribution in [2.75, 3.05) is 11.1 Å².